The summed E-state index contributed by atoms with van der Waals surface area (Å²) in [5.41, 5.74) is -2.58. The molecule has 0 bridgehead atoms. The number of halogens is 8. The summed E-state index contributed by atoms with van der Waals surface area (Å²) < 4.78 is 87.1. The van der Waals surface area contributed by atoms with Crippen molar-refractivity contribution in [1.29, 1.82) is 0 Å². The Labute approximate surface area is 382 Å². The molecule has 4 aromatic carbocycles. The standard InChI is InChI=1S/2C23H23F3INO3/c2*24-18-8-7-15(16(21(18)26)9-13-5-6-14(27)10-19(13)25)22(30)28-11-23(31,12-28)17-3-1-2-4-20(17)29/h2*5-8,10,17,20,29,31H,1-4,9,11-12H2/t2*17-,20+/m10/s1. The van der Waals surface area contributed by atoms with Gasteiger partial charge in [-0.1, -0.05) is 37.8 Å². The monoisotopic (exact) mass is 1090 g/mol. The molecule has 62 heavy (non-hydrogen) atoms. The van der Waals surface area contributed by atoms with E-state index in [4.69, 9.17) is 0 Å². The van der Waals surface area contributed by atoms with Crippen molar-refractivity contribution in [1.82, 2.24) is 9.80 Å². The van der Waals surface area contributed by atoms with Crippen LogP contribution < -0.4 is 0 Å². The van der Waals surface area contributed by atoms with Crippen molar-refractivity contribution in [3.63, 3.8) is 0 Å². The molecular formula is C46H46F6I2N2O6. The summed E-state index contributed by atoms with van der Waals surface area (Å²) in [5, 5.41) is 42.3. The van der Waals surface area contributed by atoms with Crippen LogP contribution in [0.5, 0.6) is 0 Å². The smallest absolute Gasteiger partial charge is 0.254 e. The number of nitrogens with zero attached hydrogens (tertiary/aromatic N) is 2. The third kappa shape index (κ3) is 9.70. The van der Waals surface area contributed by atoms with Crippen LogP contribution in [0, 0.1) is 53.9 Å². The van der Waals surface area contributed by atoms with Gasteiger partial charge in [-0.25, -0.2) is 26.3 Å². The SMILES string of the molecule is O=C(c1ccc(F)c(F)c1Cc1ccc(I)cc1F)N1CC(O)([C@@H]2CCCC[C@@H]2O)C1.O=C(c1ccc(F)c(F)c1Cc1ccc(I)cc1F)N1CC(O)([C@H]2CCCC[C@H]2O)C1. The van der Waals surface area contributed by atoms with Crippen molar-refractivity contribution in [2.24, 2.45) is 11.8 Å². The minimum Gasteiger partial charge on any atom is -0.393 e. The van der Waals surface area contributed by atoms with Crippen LogP contribution in [-0.4, -0.2) is 91.6 Å². The van der Waals surface area contributed by atoms with E-state index in [1.807, 2.05) is 45.2 Å². The molecule has 2 aliphatic heterocycles. The van der Waals surface area contributed by atoms with E-state index < -0.39 is 70.1 Å². The minimum atomic E-state index is -1.18. The molecule has 8 rings (SSSR count). The first kappa shape index (κ1) is 46.7. The highest BCUT2D eigenvalue weighted by atomic mass is 127. The number of aliphatic hydroxyl groups is 4. The molecule has 0 radical (unpaired) electrons. The zero-order valence-corrected chi connectivity index (χ0v) is 37.8. The normalized spacial score (nSPS) is 22.8. The molecule has 4 aliphatic rings. The lowest BCUT2D eigenvalue weighted by atomic mass is 9.71. The second kappa shape index (κ2) is 19.0. The molecule has 0 aromatic heterocycles. The number of rotatable bonds is 8. The van der Waals surface area contributed by atoms with E-state index >= 15 is 0 Å². The van der Waals surface area contributed by atoms with Crippen molar-refractivity contribution < 1.29 is 56.4 Å². The third-order valence-electron chi connectivity index (χ3n) is 12.9. The zero-order valence-electron chi connectivity index (χ0n) is 33.5. The van der Waals surface area contributed by atoms with Gasteiger partial charge in [-0.2, -0.15) is 0 Å². The first-order valence-corrected chi connectivity index (χ1v) is 22.8. The number of β-amino-alcohol motifs (C(OH)–C–C–N with tert-alkyl or cyclic N) is 2. The molecule has 0 unspecified atom stereocenters. The van der Waals surface area contributed by atoms with Crippen molar-refractivity contribution in [3.05, 3.63) is 136 Å². The lowest BCUT2D eigenvalue weighted by Crippen LogP contribution is -2.69. The van der Waals surface area contributed by atoms with Crippen LogP contribution in [0.25, 0.3) is 0 Å². The Hall–Kier alpha value is -3.30. The van der Waals surface area contributed by atoms with E-state index in [1.54, 1.807) is 12.1 Å². The number of carbonyl (C=O) groups excluding carboxylic acids is 2. The van der Waals surface area contributed by atoms with Gasteiger partial charge in [0.05, 0.1) is 38.4 Å². The molecule has 2 amide bonds. The summed E-state index contributed by atoms with van der Waals surface area (Å²) in [6.07, 6.45) is 4.47. The molecule has 2 heterocycles. The predicted octanol–water partition coefficient (Wildman–Crippen LogP) is 8.07. The van der Waals surface area contributed by atoms with E-state index in [0.717, 1.165) is 37.8 Å². The Morgan fingerprint density at radius 3 is 1.24 bits per heavy atom. The summed E-state index contributed by atoms with van der Waals surface area (Å²) in [6.45, 7) is 0.0710. The zero-order chi connectivity index (χ0) is 44.7. The highest BCUT2D eigenvalue weighted by molar-refractivity contribution is 14.1. The van der Waals surface area contributed by atoms with E-state index in [1.165, 1.54) is 46.2 Å². The van der Waals surface area contributed by atoms with E-state index in [-0.39, 0.29) is 84.2 Å². The van der Waals surface area contributed by atoms with Crippen LogP contribution >= 0.6 is 45.2 Å². The van der Waals surface area contributed by atoms with Gasteiger partial charge in [0.15, 0.2) is 23.3 Å². The Morgan fingerprint density at radius 1 is 0.548 bits per heavy atom. The first-order chi connectivity index (χ1) is 29.4. The average molecular weight is 1090 g/mol. The molecule has 4 fully saturated rings. The van der Waals surface area contributed by atoms with Crippen LogP contribution in [0.2, 0.25) is 0 Å². The molecule has 0 spiro atoms. The van der Waals surface area contributed by atoms with Crippen molar-refractivity contribution >= 4 is 57.0 Å². The second-order valence-electron chi connectivity index (χ2n) is 17.0. The molecule has 2 saturated carbocycles. The molecule has 4 aromatic rings. The molecule has 8 nitrogen and oxygen atoms in total. The summed E-state index contributed by atoms with van der Waals surface area (Å²) in [7, 11) is 0. The van der Waals surface area contributed by atoms with Gasteiger partial charge in [-0.05, 0) is 131 Å². The summed E-state index contributed by atoms with van der Waals surface area (Å²) >= 11 is 3.90. The second-order valence-corrected chi connectivity index (χ2v) is 19.5. The summed E-state index contributed by atoms with van der Waals surface area (Å²) in [4.78, 5) is 28.8. The maximum absolute atomic E-state index is 14.6. The van der Waals surface area contributed by atoms with Gasteiger partial charge in [-0.15, -0.1) is 0 Å². The third-order valence-corrected chi connectivity index (χ3v) is 14.2. The summed E-state index contributed by atoms with van der Waals surface area (Å²) in [5.74, 6) is -7.40. The fourth-order valence-electron chi connectivity index (χ4n) is 9.45. The molecule has 16 heteroatoms. The fraction of sp³-hybridized carbons (Fsp3) is 0.435. The topological polar surface area (TPSA) is 122 Å². The minimum absolute atomic E-state index is 0.0177. The number of benzene rings is 4. The predicted molar refractivity (Wildman–Crippen MR) is 234 cm³/mol. The van der Waals surface area contributed by atoms with E-state index in [0.29, 0.717) is 32.8 Å². The Bertz CT molecular complexity index is 2180. The Balaban J connectivity index is 0.000000186. The van der Waals surface area contributed by atoms with Gasteiger partial charge < -0.3 is 30.2 Å². The van der Waals surface area contributed by atoms with Crippen LogP contribution in [0.4, 0.5) is 26.3 Å². The quantitative estimate of drug-likeness (QED) is 0.105. The van der Waals surface area contributed by atoms with Crippen LogP contribution in [0.1, 0.15) is 94.3 Å². The van der Waals surface area contributed by atoms with Crippen molar-refractivity contribution in [3.8, 4) is 0 Å². The Kier molecular flexibility index (Phi) is 14.3. The van der Waals surface area contributed by atoms with E-state index in [9.17, 15) is 56.4 Å². The van der Waals surface area contributed by atoms with Gasteiger partial charge in [0.2, 0.25) is 0 Å². The number of likely N-dealkylation sites (tertiary alicyclic amines) is 2. The number of carbonyl (C=O) groups is 2. The number of hydrogen-bond acceptors (Lipinski definition) is 6. The van der Waals surface area contributed by atoms with Crippen LogP contribution in [0.15, 0.2) is 60.7 Å². The maximum atomic E-state index is 14.6. The molecule has 4 N–H and O–H groups in total. The van der Waals surface area contributed by atoms with Crippen molar-refractivity contribution in [2.45, 2.75) is 87.6 Å². The lowest BCUT2D eigenvalue weighted by molar-refractivity contribution is -0.156. The summed E-state index contributed by atoms with van der Waals surface area (Å²) in [6, 6.07) is 13.0. The highest BCUT2D eigenvalue weighted by Crippen LogP contribution is 2.41. The van der Waals surface area contributed by atoms with Gasteiger partial charge in [0, 0.05) is 54.1 Å². The molecule has 332 valence electrons. The fourth-order valence-corrected chi connectivity index (χ4v) is 10.4. The number of amides is 2. The van der Waals surface area contributed by atoms with Gasteiger partial charge in [0.25, 0.3) is 11.8 Å². The lowest BCUT2D eigenvalue weighted by Gasteiger charge is -2.52. The molecule has 2 aliphatic carbocycles. The molecule has 2 saturated heterocycles. The average Bonchev–Trinajstić information content (AvgIpc) is 3.21. The first-order valence-electron chi connectivity index (χ1n) is 20.6. The molecular weight excluding hydrogens is 1040 g/mol. The van der Waals surface area contributed by atoms with Gasteiger partial charge in [-0.3, -0.25) is 9.59 Å². The van der Waals surface area contributed by atoms with E-state index in [2.05, 4.69) is 0 Å². The Morgan fingerprint density at radius 2 is 0.903 bits per heavy atom. The van der Waals surface area contributed by atoms with Gasteiger partial charge in [0.1, 0.15) is 22.8 Å². The van der Waals surface area contributed by atoms with Gasteiger partial charge >= 0.3 is 0 Å². The molecule has 4 atom stereocenters. The van der Waals surface area contributed by atoms with Crippen LogP contribution in [0.3, 0.4) is 0 Å². The highest BCUT2D eigenvalue weighted by Gasteiger charge is 2.53. The number of aliphatic hydroxyl groups excluding tert-OH is 2. The maximum Gasteiger partial charge on any atom is 0.254 e. The largest absolute Gasteiger partial charge is 0.393 e. The number of hydrogen-bond donors (Lipinski definition) is 4. The van der Waals surface area contributed by atoms with Crippen LogP contribution in [-0.2, 0) is 12.8 Å². The van der Waals surface area contributed by atoms with Crippen molar-refractivity contribution in [2.75, 3.05) is 26.2 Å².